The van der Waals surface area contributed by atoms with E-state index in [1.54, 1.807) is 10.8 Å². The van der Waals surface area contributed by atoms with E-state index in [0.717, 1.165) is 27.6 Å². The SMILES string of the molecule is O=c1ncc2ccccc2n1-c1cc2ccccc2[nH]1. The van der Waals surface area contributed by atoms with Gasteiger partial charge in [-0.15, -0.1) is 0 Å². The number of aromatic nitrogens is 3. The second-order valence-electron chi connectivity index (χ2n) is 4.68. The van der Waals surface area contributed by atoms with Crippen molar-refractivity contribution in [2.24, 2.45) is 0 Å². The Bertz CT molecular complexity index is 949. The fourth-order valence-electron chi connectivity index (χ4n) is 2.50. The van der Waals surface area contributed by atoms with Crippen molar-refractivity contribution in [3.63, 3.8) is 0 Å². The molecule has 0 aliphatic heterocycles. The first-order chi connectivity index (χ1) is 9.83. The van der Waals surface area contributed by atoms with Crippen molar-refractivity contribution in [1.29, 1.82) is 0 Å². The van der Waals surface area contributed by atoms with E-state index in [0.29, 0.717) is 0 Å². The third-order valence-electron chi connectivity index (χ3n) is 3.44. The maximum absolute atomic E-state index is 12.1. The van der Waals surface area contributed by atoms with Crippen molar-refractivity contribution in [2.45, 2.75) is 0 Å². The summed E-state index contributed by atoms with van der Waals surface area (Å²) in [6.07, 6.45) is 1.61. The van der Waals surface area contributed by atoms with Crippen molar-refractivity contribution in [2.75, 3.05) is 0 Å². The second kappa shape index (κ2) is 4.06. The van der Waals surface area contributed by atoms with Crippen molar-refractivity contribution >= 4 is 21.8 Å². The van der Waals surface area contributed by atoms with Gasteiger partial charge in [-0.1, -0.05) is 36.4 Å². The van der Waals surface area contributed by atoms with Crippen LogP contribution in [0.15, 0.2) is 65.6 Å². The van der Waals surface area contributed by atoms with Crippen LogP contribution in [0, 0.1) is 0 Å². The molecule has 20 heavy (non-hydrogen) atoms. The third kappa shape index (κ3) is 1.55. The average molecular weight is 261 g/mol. The van der Waals surface area contributed by atoms with E-state index in [4.69, 9.17) is 0 Å². The van der Waals surface area contributed by atoms with Crippen LogP contribution in [0.25, 0.3) is 27.6 Å². The Morgan fingerprint density at radius 3 is 2.55 bits per heavy atom. The topological polar surface area (TPSA) is 50.7 Å². The first-order valence-electron chi connectivity index (χ1n) is 6.38. The molecule has 0 saturated heterocycles. The highest BCUT2D eigenvalue weighted by Crippen LogP contribution is 2.19. The van der Waals surface area contributed by atoms with E-state index < -0.39 is 0 Å². The lowest BCUT2D eigenvalue weighted by Gasteiger charge is -2.06. The maximum atomic E-state index is 12.1. The number of hydrogen-bond acceptors (Lipinski definition) is 2. The van der Waals surface area contributed by atoms with E-state index in [9.17, 15) is 4.79 Å². The highest BCUT2D eigenvalue weighted by atomic mass is 16.1. The average Bonchev–Trinajstić information content (AvgIpc) is 2.90. The van der Waals surface area contributed by atoms with Crippen molar-refractivity contribution < 1.29 is 0 Å². The number of nitrogens with zero attached hydrogens (tertiary/aromatic N) is 2. The van der Waals surface area contributed by atoms with Gasteiger partial charge in [-0.3, -0.25) is 0 Å². The number of benzene rings is 2. The van der Waals surface area contributed by atoms with Gasteiger partial charge in [0.05, 0.1) is 5.52 Å². The molecule has 0 unspecified atom stereocenters. The van der Waals surface area contributed by atoms with Crippen molar-refractivity contribution in [3.05, 3.63) is 71.3 Å². The summed E-state index contributed by atoms with van der Waals surface area (Å²) in [5, 5.41) is 2.01. The zero-order chi connectivity index (χ0) is 13.5. The molecule has 1 N–H and O–H groups in total. The van der Waals surface area contributed by atoms with Gasteiger partial charge in [-0.05, 0) is 18.2 Å². The van der Waals surface area contributed by atoms with Gasteiger partial charge < -0.3 is 4.98 Å². The van der Waals surface area contributed by atoms with Crippen molar-refractivity contribution in [3.8, 4) is 5.82 Å². The zero-order valence-corrected chi connectivity index (χ0v) is 10.6. The van der Waals surface area contributed by atoms with Crippen LogP contribution in [0.4, 0.5) is 0 Å². The Balaban J connectivity index is 2.11. The predicted molar refractivity (Wildman–Crippen MR) is 79.2 cm³/mol. The Morgan fingerprint density at radius 1 is 0.950 bits per heavy atom. The molecule has 2 aromatic carbocycles. The molecule has 0 spiro atoms. The molecular weight excluding hydrogens is 250 g/mol. The summed E-state index contributed by atoms with van der Waals surface area (Å²) in [7, 11) is 0. The summed E-state index contributed by atoms with van der Waals surface area (Å²) < 4.78 is 1.61. The lowest BCUT2D eigenvalue weighted by atomic mass is 10.2. The summed E-state index contributed by atoms with van der Waals surface area (Å²) in [4.78, 5) is 19.4. The third-order valence-corrected chi connectivity index (χ3v) is 3.44. The van der Waals surface area contributed by atoms with Crippen LogP contribution in [0.5, 0.6) is 0 Å². The zero-order valence-electron chi connectivity index (χ0n) is 10.6. The number of hydrogen-bond donors (Lipinski definition) is 1. The van der Waals surface area contributed by atoms with Gasteiger partial charge in [0.25, 0.3) is 0 Å². The monoisotopic (exact) mass is 261 g/mol. The van der Waals surface area contributed by atoms with Crippen LogP contribution in [0.1, 0.15) is 0 Å². The Labute approximate surface area is 114 Å². The Morgan fingerprint density at radius 2 is 1.70 bits per heavy atom. The summed E-state index contributed by atoms with van der Waals surface area (Å²) >= 11 is 0. The molecule has 4 heteroatoms. The molecule has 96 valence electrons. The van der Waals surface area contributed by atoms with E-state index in [-0.39, 0.29) is 5.69 Å². The van der Waals surface area contributed by atoms with Crippen LogP contribution < -0.4 is 5.69 Å². The van der Waals surface area contributed by atoms with Gasteiger partial charge in [0.15, 0.2) is 0 Å². The molecule has 4 nitrogen and oxygen atoms in total. The van der Waals surface area contributed by atoms with Gasteiger partial charge in [0.1, 0.15) is 5.82 Å². The summed E-state index contributed by atoms with van der Waals surface area (Å²) in [6, 6.07) is 17.6. The summed E-state index contributed by atoms with van der Waals surface area (Å²) in [5.41, 5.74) is 1.57. The van der Waals surface area contributed by atoms with Gasteiger partial charge in [0, 0.05) is 22.5 Å². The van der Waals surface area contributed by atoms with Crippen LogP contribution in [0.2, 0.25) is 0 Å². The standard InChI is InChI=1S/C16H11N3O/c20-16-17-10-12-6-2-4-8-14(12)19(16)15-9-11-5-1-3-7-13(11)18-15/h1-10,18H. The molecule has 0 saturated carbocycles. The minimum atomic E-state index is -0.282. The first-order valence-corrected chi connectivity index (χ1v) is 6.38. The number of aromatic amines is 1. The minimum absolute atomic E-state index is 0.282. The number of rotatable bonds is 1. The van der Waals surface area contributed by atoms with E-state index >= 15 is 0 Å². The Kier molecular flexibility index (Phi) is 2.23. The minimum Gasteiger partial charge on any atom is -0.341 e. The van der Waals surface area contributed by atoms with Crippen LogP contribution >= 0.6 is 0 Å². The van der Waals surface area contributed by atoms with E-state index in [1.807, 2.05) is 54.6 Å². The van der Waals surface area contributed by atoms with Gasteiger partial charge in [-0.25, -0.2) is 14.3 Å². The fourth-order valence-corrected chi connectivity index (χ4v) is 2.50. The molecule has 0 bridgehead atoms. The van der Waals surface area contributed by atoms with E-state index in [2.05, 4.69) is 9.97 Å². The number of fused-ring (bicyclic) bond motifs is 2. The Hall–Kier alpha value is -2.88. The van der Waals surface area contributed by atoms with Gasteiger partial charge in [0.2, 0.25) is 0 Å². The first kappa shape index (κ1) is 11.0. The van der Waals surface area contributed by atoms with E-state index in [1.165, 1.54) is 0 Å². The van der Waals surface area contributed by atoms with Gasteiger partial charge >= 0.3 is 5.69 Å². The molecule has 0 amide bonds. The summed E-state index contributed by atoms with van der Waals surface area (Å²) in [5.74, 6) is 0.737. The molecule has 0 aliphatic rings. The molecule has 0 radical (unpaired) electrons. The number of para-hydroxylation sites is 2. The lowest BCUT2D eigenvalue weighted by molar-refractivity contribution is 0.936. The second-order valence-corrected chi connectivity index (χ2v) is 4.68. The van der Waals surface area contributed by atoms with Crippen LogP contribution in [-0.4, -0.2) is 14.5 Å². The molecule has 0 fully saturated rings. The maximum Gasteiger partial charge on any atom is 0.353 e. The fraction of sp³-hybridized carbons (Fsp3) is 0. The van der Waals surface area contributed by atoms with Crippen LogP contribution in [0.3, 0.4) is 0 Å². The molecule has 0 aliphatic carbocycles. The normalized spacial score (nSPS) is 11.2. The molecule has 2 heterocycles. The van der Waals surface area contributed by atoms with Gasteiger partial charge in [-0.2, -0.15) is 0 Å². The molecular formula is C16H11N3O. The lowest BCUT2D eigenvalue weighted by Crippen LogP contribution is -2.21. The highest BCUT2D eigenvalue weighted by molar-refractivity contribution is 5.84. The number of nitrogens with one attached hydrogen (secondary N) is 1. The smallest absolute Gasteiger partial charge is 0.341 e. The number of H-pyrrole nitrogens is 1. The molecule has 2 aromatic heterocycles. The molecule has 0 atom stereocenters. The highest BCUT2D eigenvalue weighted by Gasteiger charge is 2.08. The molecule has 4 aromatic rings. The predicted octanol–water partition coefficient (Wildman–Crippen LogP) is 2.87. The van der Waals surface area contributed by atoms with Crippen LogP contribution in [-0.2, 0) is 0 Å². The van der Waals surface area contributed by atoms with Crippen molar-refractivity contribution in [1.82, 2.24) is 14.5 Å². The quantitative estimate of drug-likeness (QED) is 0.572. The molecule has 4 rings (SSSR count). The largest absolute Gasteiger partial charge is 0.353 e. The summed E-state index contributed by atoms with van der Waals surface area (Å²) in [6.45, 7) is 0.